The zero-order chi connectivity index (χ0) is 13.9. The maximum absolute atomic E-state index is 12.3. The topological polar surface area (TPSA) is 71.2 Å². The Labute approximate surface area is 147 Å². The highest BCUT2D eigenvalue weighted by Crippen LogP contribution is 2.31. The van der Waals surface area contributed by atoms with Gasteiger partial charge in [-0.05, 0) is 50.6 Å². The number of rotatable bonds is 2. The number of halogens is 2. The van der Waals surface area contributed by atoms with Crippen LogP contribution in [0.3, 0.4) is 0 Å². The molecule has 2 fully saturated rings. The summed E-state index contributed by atoms with van der Waals surface area (Å²) in [5, 5.41) is 5.65. The number of amides is 1. The molecular formula is C14H24Cl2N4OS. The Morgan fingerprint density at radius 3 is 2.32 bits per heavy atom. The van der Waals surface area contributed by atoms with Gasteiger partial charge in [-0.1, -0.05) is 0 Å². The van der Waals surface area contributed by atoms with Crippen molar-refractivity contribution in [1.82, 2.24) is 15.2 Å². The highest BCUT2D eigenvalue weighted by atomic mass is 35.5. The van der Waals surface area contributed by atoms with Gasteiger partial charge >= 0.3 is 0 Å². The van der Waals surface area contributed by atoms with Gasteiger partial charge in [0.05, 0.1) is 0 Å². The van der Waals surface area contributed by atoms with E-state index in [4.69, 9.17) is 5.73 Å². The van der Waals surface area contributed by atoms with Crippen LogP contribution in [0.5, 0.6) is 0 Å². The number of carbonyl (C=O) groups excluding carboxylic acids is 1. The first-order chi connectivity index (χ1) is 9.74. The standard InChI is InChI=1S/C14H22N4OS.2ClH/c15-14-17-12(9-20-14)13(19)18-7-3-11(4-8-18)10-1-5-16-6-2-10;;/h9-11,16H,1-8H2,(H2,15,17);2*1H. The molecule has 5 nitrogen and oxygen atoms in total. The van der Waals surface area contributed by atoms with Crippen LogP contribution in [0.4, 0.5) is 5.13 Å². The van der Waals surface area contributed by atoms with E-state index in [1.54, 1.807) is 5.38 Å². The molecule has 1 aromatic heterocycles. The molecule has 2 aliphatic heterocycles. The van der Waals surface area contributed by atoms with Crippen LogP contribution in [0.15, 0.2) is 5.38 Å². The van der Waals surface area contributed by atoms with E-state index >= 15 is 0 Å². The molecule has 1 aromatic rings. The first-order valence-corrected chi connectivity index (χ1v) is 8.33. The molecule has 0 saturated carbocycles. The third-order valence-electron chi connectivity index (χ3n) is 4.62. The van der Waals surface area contributed by atoms with Gasteiger partial charge in [0.15, 0.2) is 5.13 Å². The Balaban J connectivity index is 0.00000121. The van der Waals surface area contributed by atoms with Gasteiger partial charge in [-0.15, -0.1) is 36.2 Å². The van der Waals surface area contributed by atoms with E-state index in [0.29, 0.717) is 10.8 Å². The summed E-state index contributed by atoms with van der Waals surface area (Å²) >= 11 is 1.33. The number of piperidine rings is 2. The van der Waals surface area contributed by atoms with Gasteiger partial charge in [0.2, 0.25) is 0 Å². The van der Waals surface area contributed by atoms with E-state index in [1.165, 1.54) is 24.2 Å². The molecule has 0 bridgehead atoms. The van der Waals surface area contributed by atoms with E-state index in [0.717, 1.165) is 50.9 Å². The van der Waals surface area contributed by atoms with E-state index in [-0.39, 0.29) is 30.7 Å². The normalized spacial score (nSPS) is 20.1. The van der Waals surface area contributed by atoms with Crippen molar-refractivity contribution in [3.63, 3.8) is 0 Å². The van der Waals surface area contributed by atoms with Gasteiger partial charge in [-0.2, -0.15) is 0 Å². The number of likely N-dealkylation sites (tertiary alicyclic amines) is 1. The second kappa shape index (κ2) is 8.91. The molecule has 0 spiro atoms. The fourth-order valence-electron chi connectivity index (χ4n) is 3.44. The van der Waals surface area contributed by atoms with Gasteiger partial charge in [-0.3, -0.25) is 4.79 Å². The van der Waals surface area contributed by atoms with Gasteiger partial charge in [0, 0.05) is 18.5 Å². The molecule has 2 saturated heterocycles. The Bertz CT molecular complexity index is 471. The van der Waals surface area contributed by atoms with Crippen molar-refractivity contribution in [2.75, 3.05) is 31.9 Å². The van der Waals surface area contributed by atoms with Crippen LogP contribution in [0.1, 0.15) is 36.2 Å². The summed E-state index contributed by atoms with van der Waals surface area (Å²) < 4.78 is 0. The first-order valence-electron chi connectivity index (χ1n) is 7.45. The van der Waals surface area contributed by atoms with Gasteiger partial charge < -0.3 is 16.0 Å². The summed E-state index contributed by atoms with van der Waals surface area (Å²) in [5.41, 5.74) is 6.10. The van der Waals surface area contributed by atoms with Gasteiger partial charge in [-0.25, -0.2) is 4.98 Å². The first kappa shape index (κ1) is 19.5. The molecule has 3 rings (SSSR count). The Morgan fingerprint density at radius 1 is 1.18 bits per heavy atom. The minimum absolute atomic E-state index is 0. The van der Waals surface area contributed by atoms with Crippen LogP contribution in [-0.2, 0) is 0 Å². The smallest absolute Gasteiger partial charge is 0.273 e. The largest absolute Gasteiger partial charge is 0.375 e. The van der Waals surface area contributed by atoms with Crippen molar-refractivity contribution >= 4 is 47.2 Å². The van der Waals surface area contributed by atoms with Crippen LogP contribution in [0.25, 0.3) is 0 Å². The third-order valence-corrected chi connectivity index (χ3v) is 5.29. The van der Waals surface area contributed by atoms with Crippen LogP contribution in [0.2, 0.25) is 0 Å². The lowest BCUT2D eigenvalue weighted by Crippen LogP contribution is -2.42. The number of hydrogen-bond acceptors (Lipinski definition) is 5. The molecule has 0 radical (unpaired) electrons. The van der Waals surface area contributed by atoms with Crippen molar-refractivity contribution in [1.29, 1.82) is 0 Å². The summed E-state index contributed by atoms with van der Waals surface area (Å²) in [6.07, 6.45) is 4.86. The monoisotopic (exact) mass is 366 g/mol. The maximum Gasteiger partial charge on any atom is 0.273 e. The number of nitrogens with zero attached hydrogens (tertiary/aromatic N) is 2. The number of aromatic nitrogens is 1. The average molecular weight is 367 g/mol. The quantitative estimate of drug-likeness (QED) is 0.842. The summed E-state index contributed by atoms with van der Waals surface area (Å²) in [5.74, 6) is 1.69. The molecule has 0 aliphatic carbocycles. The minimum Gasteiger partial charge on any atom is -0.375 e. The fourth-order valence-corrected chi connectivity index (χ4v) is 3.97. The Morgan fingerprint density at radius 2 is 1.77 bits per heavy atom. The van der Waals surface area contributed by atoms with Crippen LogP contribution in [0, 0.1) is 11.8 Å². The fraction of sp³-hybridized carbons (Fsp3) is 0.714. The molecule has 22 heavy (non-hydrogen) atoms. The van der Waals surface area contributed by atoms with Crippen LogP contribution < -0.4 is 11.1 Å². The number of anilines is 1. The minimum atomic E-state index is 0. The second-order valence-corrected chi connectivity index (χ2v) is 6.68. The molecule has 126 valence electrons. The number of thiazole rings is 1. The summed E-state index contributed by atoms with van der Waals surface area (Å²) in [4.78, 5) is 18.3. The highest BCUT2D eigenvalue weighted by Gasteiger charge is 2.30. The molecule has 0 atom stereocenters. The highest BCUT2D eigenvalue weighted by molar-refractivity contribution is 7.13. The third kappa shape index (κ3) is 4.47. The number of carbonyl (C=O) groups is 1. The molecule has 3 N–H and O–H groups in total. The predicted molar refractivity (Wildman–Crippen MR) is 95.2 cm³/mol. The molecule has 0 unspecified atom stereocenters. The predicted octanol–water partition coefficient (Wildman–Crippen LogP) is 2.42. The van der Waals surface area contributed by atoms with Crippen molar-refractivity contribution in [3.05, 3.63) is 11.1 Å². The lowest BCUT2D eigenvalue weighted by atomic mass is 9.79. The van der Waals surface area contributed by atoms with Crippen molar-refractivity contribution in [3.8, 4) is 0 Å². The summed E-state index contributed by atoms with van der Waals surface area (Å²) in [7, 11) is 0. The zero-order valence-corrected chi connectivity index (χ0v) is 14.9. The lowest BCUT2D eigenvalue weighted by molar-refractivity contribution is 0.0637. The maximum atomic E-state index is 12.3. The molecule has 1 amide bonds. The lowest BCUT2D eigenvalue weighted by Gasteiger charge is -2.37. The number of nitrogens with two attached hydrogens (primary N) is 1. The Kier molecular flexibility index (Phi) is 7.89. The molecule has 8 heteroatoms. The molecule has 2 aliphatic rings. The van der Waals surface area contributed by atoms with E-state index in [9.17, 15) is 4.79 Å². The van der Waals surface area contributed by atoms with Gasteiger partial charge in [0.1, 0.15) is 5.69 Å². The van der Waals surface area contributed by atoms with E-state index < -0.39 is 0 Å². The van der Waals surface area contributed by atoms with E-state index in [2.05, 4.69) is 10.3 Å². The number of hydrogen-bond donors (Lipinski definition) is 2. The Hall–Kier alpha value is -0.560. The summed E-state index contributed by atoms with van der Waals surface area (Å²) in [6, 6.07) is 0. The number of nitrogen functional groups attached to an aromatic ring is 1. The summed E-state index contributed by atoms with van der Waals surface area (Å²) in [6.45, 7) is 4.04. The molecule has 3 heterocycles. The zero-order valence-electron chi connectivity index (χ0n) is 12.5. The molecule has 0 aromatic carbocycles. The van der Waals surface area contributed by atoms with Crippen molar-refractivity contribution in [2.24, 2.45) is 11.8 Å². The number of nitrogens with one attached hydrogen (secondary N) is 1. The van der Waals surface area contributed by atoms with Gasteiger partial charge in [0.25, 0.3) is 5.91 Å². The van der Waals surface area contributed by atoms with Crippen molar-refractivity contribution in [2.45, 2.75) is 25.7 Å². The van der Waals surface area contributed by atoms with Crippen molar-refractivity contribution < 1.29 is 4.79 Å². The van der Waals surface area contributed by atoms with E-state index in [1.807, 2.05) is 4.90 Å². The van der Waals surface area contributed by atoms with Crippen LogP contribution in [-0.4, -0.2) is 42.0 Å². The SMILES string of the molecule is Cl.Cl.Nc1nc(C(=O)N2CCC(C3CCNCC3)CC2)cs1. The average Bonchev–Trinajstić information content (AvgIpc) is 2.94. The molecular weight excluding hydrogens is 343 g/mol. The second-order valence-electron chi connectivity index (χ2n) is 5.79. The van der Waals surface area contributed by atoms with Crippen LogP contribution >= 0.6 is 36.2 Å².